The summed E-state index contributed by atoms with van der Waals surface area (Å²) >= 11 is 0. The zero-order chi connectivity index (χ0) is 13.8. The molecule has 0 spiro atoms. The van der Waals surface area contributed by atoms with Crippen LogP contribution in [0.4, 0.5) is 0 Å². The normalized spacial score (nSPS) is 19.6. The smallest absolute Gasteiger partial charge is 0.226 e. The quantitative estimate of drug-likeness (QED) is 0.832. The Morgan fingerprint density at radius 2 is 1.94 bits per heavy atom. The van der Waals surface area contributed by atoms with Gasteiger partial charge < -0.3 is 15.4 Å². The molecular formula is C14H28N2O2. The minimum Gasteiger partial charge on any atom is -0.381 e. The monoisotopic (exact) mass is 256 g/mol. The largest absolute Gasteiger partial charge is 0.381 e. The van der Waals surface area contributed by atoms with E-state index in [4.69, 9.17) is 10.5 Å². The summed E-state index contributed by atoms with van der Waals surface area (Å²) < 4.78 is 5.33. The third-order valence-electron chi connectivity index (χ3n) is 3.58. The van der Waals surface area contributed by atoms with Crippen LogP contribution in [0.3, 0.4) is 0 Å². The molecule has 0 radical (unpaired) electrons. The van der Waals surface area contributed by atoms with Gasteiger partial charge >= 0.3 is 0 Å². The standard InChI is InChI=1S/C14H28N2O2/c1-14(2,3)9-11(10-15)13(17)16(4)12-5-7-18-8-6-12/h11-12H,5-10,15H2,1-4H3. The number of carbonyl (C=O) groups is 1. The lowest BCUT2D eigenvalue weighted by molar-refractivity contribution is -0.138. The maximum atomic E-state index is 12.5. The van der Waals surface area contributed by atoms with E-state index in [2.05, 4.69) is 20.8 Å². The van der Waals surface area contributed by atoms with E-state index in [0.29, 0.717) is 12.6 Å². The number of hydrogen-bond acceptors (Lipinski definition) is 3. The van der Waals surface area contributed by atoms with Crippen molar-refractivity contribution in [3.63, 3.8) is 0 Å². The molecule has 4 nitrogen and oxygen atoms in total. The summed E-state index contributed by atoms with van der Waals surface area (Å²) in [6.45, 7) is 8.40. The molecule has 1 saturated heterocycles. The molecule has 0 aromatic heterocycles. The van der Waals surface area contributed by atoms with Gasteiger partial charge in [0.05, 0.1) is 5.92 Å². The molecule has 0 saturated carbocycles. The van der Waals surface area contributed by atoms with Gasteiger partial charge in [-0.05, 0) is 24.7 Å². The van der Waals surface area contributed by atoms with Crippen LogP contribution in [0.15, 0.2) is 0 Å². The number of amides is 1. The van der Waals surface area contributed by atoms with Gasteiger partial charge in [0.15, 0.2) is 0 Å². The second-order valence-electron chi connectivity index (χ2n) is 6.49. The number of ether oxygens (including phenoxy) is 1. The highest BCUT2D eigenvalue weighted by molar-refractivity contribution is 5.79. The van der Waals surface area contributed by atoms with Gasteiger partial charge in [-0.15, -0.1) is 0 Å². The van der Waals surface area contributed by atoms with Crippen molar-refractivity contribution < 1.29 is 9.53 Å². The van der Waals surface area contributed by atoms with Crippen molar-refractivity contribution in [1.29, 1.82) is 0 Å². The molecule has 1 aliphatic heterocycles. The zero-order valence-corrected chi connectivity index (χ0v) is 12.2. The van der Waals surface area contributed by atoms with Crippen molar-refractivity contribution in [3.8, 4) is 0 Å². The number of nitrogens with two attached hydrogens (primary N) is 1. The second-order valence-corrected chi connectivity index (χ2v) is 6.49. The Bertz CT molecular complexity index is 267. The topological polar surface area (TPSA) is 55.6 Å². The molecular weight excluding hydrogens is 228 g/mol. The minimum atomic E-state index is -0.0576. The first-order valence-corrected chi connectivity index (χ1v) is 6.89. The molecule has 1 rings (SSSR count). The van der Waals surface area contributed by atoms with E-state index < -0.39 is 0 Å². The molecule has 4 heteroatoms. The van der Waals surface area contributed by atoms with Crippen molar-refractivity contribution in [3.05, 3.63) is 0 Å². The zero-order valence-electron chi connectivity index (χ0n) is 12.2. The maximum absolute atomic E-state index is 12.5. The summed E-state index contributed by atoms with van der Waals surface area (Å²) in [5.74, 6) is 0.136. The molecule has 0 aliphatic carbocycles. The number of hydrogen-bond donors (Lipinski definition) is 1. The molecule has 0 aromatic carbocycles. The third-order valence-corrected chi connectivity index (χ3v) is 3.58. The summed E-state index contributed by atoms with van der Waals surface area (Å²) in [6, 6.07) is 0.320. The Labute approximate surface area is 111 Å². The predicted octanol–water partition coefficient (Wildman–Crippen LogP) is 1.63. The van der Waals surface area contributed by atoms with Crippen LogP contribution in [-0.4, -0.2) is 43.7 Å². The van der Waals surface area contributed by atoms with Crippen LogP contribution in [0.25, 0.3) is 0 Å². The Hall–Kier alpha value is -0.610. The Morgan fingerprint density at radius 3 is 2.39 bits per heavy atom. The lowest BCUT2D eigenvalue weighted by Crippen LogP contribution is -2.45. The van der Waals surface area contributed by atoms with E-state index in [-0.39, 0.29) is 17.2 Å². The van der Waals surface area contributed by atoms with E-state index in [1.165, 1.54) is 0 Å². The first kappa shape index (κ1) is 15.4. The highest BCUT2D eigenvalue weighted by Crippen LogP contribution is 2.26. The average Bonchev–Trinajstić information content (AvgIpc) is 2.34. The summed E-state index contributed by atoms with van der Waals surface area (Å²) in [5, 5.41) is 0. The Morgan fingerprint density at radius 1 is 1.39 bits per heavy atom. The Balaban J connectivity index is 2.59. The summed E-state index contributed by atoms with van der Waals surface area (Å²) in [6.07, 6.45) is 2.72. The van der Waals surface area contributed by atoms with Crippen molar-refractivity contribution in [2.45, 2.75) is 46.1 Å². The van der Waals surface area contributed by atoms with E-state index in [9.17, 15) is 4.79 Å². The molecule has 18 heavy (non-hydrogen) atoms. The molecule has 1 heterocycles. The Kier molecular flexibility index (Phi) is 5.60. The summed E-state index contributed by atoms with van der Waals surface area (Å²) in [7, 11) is 1.91. The van der Waals surface area contributed by atoms with Gasteiger partial charge in [-0.25, -0.2) is 0 Å². The van der Waals surface area contributed by atoms with Crippen molar-refractivity contribution in [1.82, 2.24) is 4.90 Å². The van der Waals surface area contributed by atoms with Gasteiger partial charge in [0.1, 0.15) is 0 Å². The molecule has 0 aromatic rings. The van der Waals surface area contributed by atoms with Crippen LogP contribution in [0.5, 0.6) is 0 Å². The van der Waals surface area contributed by atoms with Crippen LogP contribution < -0.4 is 5.73 Å². The van der Waals surface area contributed by atoms with Crippen LogP contribution >= 0.6 is 0 Å². The van der Waals surface area contributed by atoms with Crippen LogP contribution in [0.1, 0.15) is 40.0 Å². The average molecular weight is 256 g/mol. The van der Waals surface area contributed by atoms with Crippen LogP contribution in [-0.2, 0) is 9.53 Å². The highest BCUT2D eigenvalue weighted by Gasteiger charge is 2.30. The fraction of sp³-hybridized carbons (Fsp3) is 0.929. The highest BCUT2D eigenvalue weighted by atomic mass is 16.5. The minimum absolute atomic E-state index is 0.0576. The van der Waals surface area contributed by atoms with E-state index >= 15 is 0 Å². The molecule has 1 fully saturated rings. The predicted molar refractivity (Wildman–Crippen MR) is 73.2 cm³/mol. The lowest BCUT2D eigenvalue weighted by atomic mass is 9.84. The summed E-state index contributed by atoms with van der Waals surface area (Å²) in [4.78, 5) is 14.4. The van der Waals surface area contributed by atoms with Crippen molar-refractivity contribution in [2.24, 2.45) is 17.1 Å². The van der Waals surface area contributed by atoms with Gasteiger partial charge in [0.25, 0.3) is 0 Å². The van der Waals surface area contributed by atoms with E-state index in [1.54, 1.807) is 0 Å². The molecule has 1 aliphatic rings. The van der Waals surface area contributed by atoms with Crippen LogP contribution in [0, 0.1) is 11.3 Å². The van der Waals surface area contributed by atoms with Gasteiger partial charge in [0.2, 0.25) is 5.91 Å². The van der Waals surface area contributed by atoms with Crippen molar-refractivity contribution >= 4 is 5.91 Å². The number of carbonyl (C=O) groups excluding carboxylic acids is 1. The first-order valence-electron chi connectivity index (χ1n) is 6.89. The van der Waals surface area contributed by atoms with E-state index in [0.717, 1.165) is 32.5 Å². The number of nitrogens with zero attached hydrogens (tertiary/aromatic N) is 1. The molecule has 106 valence electrons. The summed E-state index contributed by atoms with van der Waals surface area (Å²) in [5.41, 5.74) is 5.91. The third kappa shape index (κ3) is 4.58. The van der Waals surface area contributed by atoms with E-state index in [1.807, 2.05) is 11.9 Å². The molecule has 1 unspecified atom stereocenters. The van der Waals surface area contributed by atoms with Gasteiger partial charge in [-0.1, -0.05) is 20.8 Å². The van der Waals surface area contributed by atoms with Gasteiger partial charge in [0, 0.05) is 32.8 Å². The molecule has 2 N–H and O–H groups in total. The number of rotatable bonds is 4. The fourth-order valence-electron chi connectivity index (χ4n) is 2.55. The molecule has 0 bridgehead atoms. The first-order chi connectivity index (χ1) is 8.35. The second kappa shape index (κ2) is 6.53. The van der Waals surface area contributed by atoms with Gasteiger partial charge in [-0.3, -0.25) is 4.79 Å². The maximum Gasteiger partial charge on any atom is 0.226 e. The molecule has 1 atom stereocenters. The van der Waals surface area contributed by atoms with Crippen LogP contribution in [0.2, 0.25) is 0 Å². The van der Waals surface area contributed by atoms with Gasteiger partial charge in [-0.2, -0.15) is 0 Å². The SMILES string of the molecule is CN(C(=O)C(CN)CC(C)(C)C)C1CCOCC1. The lowest BCUT2D eigenvalue weighted by Gasteiger charge is -2.35. The van der Waals surface area contributed by atoms with Crippen molar-refractivity contribution in [2.75, 3.05) is 26.8 Å². The molecule has 1 amide bonds. The fourth-order valence-corrected chi connectivity index (χ4v) is 2.55.